The van der Waals surface area contributed by atoms with Crippen molar-refractivity contribution >= 4 is 21.9 Å². The molecule has 1 atom stereocenters. The van der Waals surface area contributed by atoms with E-state index in [4.69, 9.17) is 0 Å². The van der Waals surface area contributed by atoms with Crippen LogP contribution >= 0.6 is 0 Å². The Bertz CT molecular complexity index is 783. The number of nitrogens with one attached hydrogen (secondary N) is 1. The lowest BCUT2D eigenvalue weighted by Gasteiger charge is -2.33. The molecule has 27 heavy (non-hydrogen) atoms. The summed E-state index contributed by atoms with van der Waals surface area (Å²) in [6.45, 7) is 5.75. The van der Waals surface area contributed by atoms with Gasteiger partial charge in [0.25, 0.3) is 0 Å². The van der Waals surface area contributed by atoms with E-state index in [0.717, 1.165) is 5.56 Å². The lowest BCUT2D eigenvalue weighted by Crippen LogP contribution is -2.55. The molecule has 1 unspecified atom stereocenters. The molecular weight excluding hydrogens is 368 g/mol. The summed E-state index contributed by atoms with van der Waals surface area (Å²) >= 11 is 0. The average Bonchev–Trinajstić information content (AvgIpc) is 2.62. The first-order chi connectivity index (χ1) is 12.6. The van der Waals surface area contributed by atoms with Gasteiger partial charge < -0.3 is 10.4 Å². The number of piperidine rings is 1. The predicted molar refractivity (Wildman–Crippen MR) is 102 cm³/mol. The molecule has 1 heterocycles. The monoisotopic (exact) mass is 396 g/mol. The molecule has 150 valence electrons. The molecule has 1 aromatic carbocycles. The first-order valence-corrected chi connectivity index (χ1v) is 10.7. The topological polar surface area (TPSA) is 104 Å². The van der Waals surface area contributed by atoms with Crippen LogP contribution in [0.2, 0.25) is 0 Å². The van der Waals surface area contributed by atoms with Crippen molar-refractivity contribution in [2.24, 2.45) is 5.92 Å². The van der Waals surface area contributed by atoms with E-state index in [2.05, 4.69) is 5.32 Å². The highest BCUT2D eigenvalue weighted by Crippen LogP contribution is 2.25. The molecule has 2 N–H and O–H groups in total. The van der Waals surface area contributed by atoms with Crippen LogP contribution in [-0.4, -0.2) is 48.3 Å². The zero-order chi connectivity index (χ0) is 20.2. The van der Waals surface area contributed by atoms with Crippen molar-refractivity contribution in [3.63, 3.8) is 0 Å². The van der Waals surface area contributed by atoms with Gasteiger partial charge in [-0.25, -0.2) is 13.2 Å². The Morgan fingerprint density at radius 2 is 1.78 bits per heavy atom. The number of sulfonamides is 1. The SMILES string of the molecule is CCCC(C)(NC(=O)C1CCN(S(=O)(=O)c2ccc(C)cc2)CC1)C(=O)O. The maximum atomic E-state index is 12.7. The van der Waals surface area contributed by atoms with Crippen molar-refractivity contribution < 1.29 is 23.1 Å². The fraction of sp³-hybridized carbons (Fsp3) is 0.579. The summed E-state index contributed by atoms with van der Waals surface area (Å²) in [7, 11) is -3.58. The Balaban J connectivity index is 2.01. The fourth-order valence-electron chi connectivity index (χ4n) is 3.31. The molecule has 0 aromatic heterocycles. The molecule has 0 saturated carbocycles. The molecule has 1 amide bonds. The van der Waals surface area contributed by atoms with Crippen molar-refractivity contribution in [3.8, 4) is 0 Å². The number of carboxylic acids is 1. The Morgan fingerprint density at radius 3 is 2.26 bits per heavy atom. The van der Waals surface area contributed by atoms with E-state index in [1.807, 2.05) is 13.8 Å². The summed E-state index contributed by atoms with van der Waals surface area (Å²) in [5.41, 5.74) is -0.311. The van der Waals surface area contributed by atoms with Crippen LogP contribution in [0.25, 0.3) is 0 Å². The number of nitrogens with zero attached hydrogens (tertiary/aromatic N) is 1. The molecule has 8 heteroatoms. The normalized spacial score (nSPS) is 18.6. The van der Waals surface area contributed by atoms with Gasteiger partial charge in [0.15, 0.2) is 0 Å². The minimum Gasteiger partial charge on any atom is -0.480 e. The second kappa shape index (κ2) is 8.39. The molecule has 0 bridgehead atoms. The van der Waals surface area contributed by atoms with Crippen LogP contribution in [0.4, 0.5) is 0 Å². The molecular formula is C19H28N2O5S. The Labute approximate surface area is 160 Å². The van der Waals surface area contributed by atoms with E-state index in [9.17, 15) is 23.1 Å². The maximum Gasteiger partial charge on any atom is 0.329 e. The number of aliphatic carboxylic acids is 1. The second-order valence-electron chi connectivity index (χ2n) is 7.37. The highest BCUT2D eigenvalue weighted by atomic mass is 32.2. The second-order valence-corrected chi connectivity index (χ2v) is 9.31. The molecule has 2 rings (SSSR count). The summed E-state index contributed by atoms with van der Waals surface area (Å²) < 4.78 is 26.8. The van der Waals surface area contributed by atoms with Crippen LogP contribution in [-0.2, 0) is 19.6 Å². The van der Waals surface area contributed by atoms with Gasteiger partial charge in [0.05, 0.1) is 4.90 Å². The number of hydrogen-bond acceptors (Lipinski definition) is 4. The summed E-state index contributed by atoms with van der Waals surface area (Å²) in [6.07, 6.45) is 1.72. The molecule has 1 aliphatic rings. The van der Waals surface area contributed by atoms with Crippen molar-refractivity contribution in [1.29, 1.82) is 0 Å². The van der Waals surface area contributed by atoms with E-state index in [1.54, 1.807) is 24.3 Å². The Kier molecular flexibility index (Phi) is 6.64. The van der Waals surface area contributed by atoms with Crippen LogP contribution < -0.4 is 5.32 Å². The van der Waals surface area contributed by atoms with Gasteiger partial charge in [0, 0.05) is 19.0 Å². The van der Waals surface area contributed by atoms with Crippen molar-refractivity contribution in [2.75, 3.05) is 13.1 Å². The van der Waals surface area contributed by atoms with E-state index in [-0.39, 0.29) is 29.8 Å². The Hall–Kier alpha value is -1.93. The smallest absolute Gasteiger partial charge is 0.329 e. The fourth-order valence-corrected chi connectivity index (χ4v) is 4.78. The molecule has 0 spiro atoms. The lowest BCUT2D eigenvalue weighted by atomic mass is 9.92. The van der Waals surface area contributed by atoms with Gasteiger partial charge in [-0.1, -0.05) is 31.0 Å². The zero-order valence-electron chi connectivity index (χ0n) is 16.1. The molecule has 0 aliphatic carbocycles. The van der Waals surface area contributed by atoms with Gasteiger partial charge >= 0.3 is 5.97 Å². The third-order valence-electron chi connectivity index (χ3n) is 5.10. The predicted octanol–water partition coefficient (Wildman–Crippen LogP) is 2.16. The number of amides is 1. The number of hydrogen-bond donors (Lipinski definition) is 2. The number of rotatable bonds is 7. The Morgan fingerprint density at radius 1 is 1.22 bits per heavy atom. The van der Waals surface area contributed by atoms with Gasteiger partial charge in [-0.3, -0.25) is 4.79 Å². The highest BCUT2D eigenvalue weighted by Gasteiger charge is 2.38. The third kappa shape index (κ3) is 4.87. The largest absolute Gasteiger partial charge is 0.480 e. The lowest BCUT2D eigenvalue weighted by molar-refractivity contribution is -0.148. The number of benzene rings is 1. The minimum atomic E-state index is -3.58. The molecule has 0 radical (unpaired) electrons. The van der Waals surface area contributed by atoms with Gasteiger partial charge in [-0.15, -0.1) is 0 Å². The van der Waals surface area contributed by atoms with Gasteiger partial charge in [-0.05, 0) is 45.2 Å². The standard InChI is InChI=1S/C19H28N2O5S/c1-4-11-19(3,18(23)24)20-17(22)15-9-12-21(13-10-15)27(25,26)16-7-5-14(2)6-8-16/h5-8,15H,4,9-13H2,1-3H3,(H,20,22)(H,23,24). The van der Waals surface area contributed by atoms with Crippen LogP contribution in [0.5, 0.6) is 0 Å². The van der Waals surface area contributed by atoms with Crippen LogP contribution in [0, 0.1) is 12.8 Å². The quantitative estimate of drug-likeness (QED) is 0.735. The third-order valence-corrected chi connectivity index (χ3v) is 7.02. The van der Waals surface area contributed by atoms with Crippen molar-refractivity contribution in [2.45, 2.75) is 56.9 Å². The maximum absolute atomic E-state index is 12.7. The average molecular weight is 397 g/mol. The number of carboxylic acid groups (broad SMARTS) is 1. The first-order valence-electron chi connectivity index (χ1n) is 9.22. The summed E-state index contributed by atoms with van der Waals surface area (Å²) in [5, 5.41) is 12.1. The number of carbonyl (C=O) groups excluding carboxylic acids is 1. The number of aryl methyl sites for hydroxylation is 1. The summed E-state index contributed by atoms with van der Waals surface area (Å²) in [4.78, 5) is 24.3. The first kappa shape index (κ1) is 21.4. The summed E-state index contributed by atoms with van der Waals surface area (Å²) in [5.74, 6) is -1.76. The van der Waals surface area contributed by atoms with Crippen molar-refractivity contribution in [3.05, 3.63) is 29.8 Å². The van der Waals surface area contributed by atoms with Crippen LogP contribution in [0.1, 0.15) is 45.1 Å². The summed E-state index contributed by atoms with van der Waals surface area (Å²) in [6, 6.07) is 6.69. The molecule has 1 fully saturated rings. The van der Waals surface area contributed by atoms with E-state index >= 15 is 0 Å². The minimum absolute atomic E-state index is 0.242. The van der Waals surface area contributed by atoms with E-state index in [1.165, 1.54) is 11.2 Å². The van der Waals surface area contributed by atoms with E-state index < -0.39 is 21.5 Å². The van der Waals surface area contributed by atoms with Crippen LogP contribution in [0.3, 0.4) is 0 Å². The molecule has 1 aromatic rings. The van der Waals surface area contributed by atoms with E-state index in [0.29, 0.717) is 25.7 Å². The molecule has 7 nitrogen and oxygen atoms in total. The molecule has 1 aliphatic heterocycles. The van der Waals surface area contributed by atoms with Gasteiger partial charge in [-0.2, -0.15) is 4.31 Å². The van der Waals surface area contributed by atoms with Crippen LogP contribution in [0.15, 0.2) is 29.2 Å². The molecule has 1 saturated heterocycles. The highest BCUT2D eigenvalue weighted by molar-refractivity contribution is 7.89. The zero-order valence-corrected chi connectivity index (χ0v) is 16.9. The van der Waals surface area contributed by atoms with Gasteiger partial charge in [0.1, 0.15) is 5.54 Å². The number of carbonyl (C=O) groups is 2. The van der Waals surface area contributed by atoms with Gasteiger partial charge in [0.2, 0.25) is 15.9 Å². The van der Waals surface area contributed by atoms with Crippen molar-refractivity contribution in [1.82, 2.24) is 9.62 Å².